The quantitative estimate of drug-likeness (QED) is 0.832. The van der Waals surface area contributed by atoms with Gasteiger partial charge in [-0.15, -0.1) is 0 Å². The number of rotatable bonds is 5. The van der Waals surface area contributed by atoms with Gasteiger partial charge in [0.1, 0.15) is 0 Å². The van der Waals surface area contributed by atoms with Crippen molar-refractivity contribution >= 4 is 23.5 Å². The van der Waals surface area contributed by atoms with Crippen LogP contribution in [0.2, 0.25) is 0 Å². The van der Waals surface area contributed by atoms with Gasteiger partial charge in [-0.3, -0.25) is 9.59 Å². The van der Waals surface area contributed by atoms with Gasteiger partial charge in [-0.05, 0) is 38.0 Å². The third-order valence-corrected chi connectivity index (χ3v) is 4.31. The summed E-state index contributed by atoms with van der Waals surface area (Å²) in [6, 6.07) is 6.74. The van der Waals surface area contributed by atoms with E-state index in [0.717, 1.165) is 0 Å². The molecule has 1 saturated heterocycles. The van der Waals surface area contributed by atoms with Crippen molar-refractivity contribution in [1.82, 2.24) is 4.90 Å². The molecule has 6 nitrogen and oxygen atoms in total. The molecular weight excluding hydrogens is 320 g/mol. The van der Waals surface area contributed by atoms with Gasteiger partial charge in [0.25, 0.3) is 0 Å². The van der Waals surface area contributed by atoms with Crippen molar-refractivity contribution in [2.75, 3.05) is 25.0 Å². The van der Waals surface area contributed by atoms with Crippen molar-refractivity contribution in [1.29, 1.82) is 0 Å². The lowest BCUT2D eigenvalue weighted by Crippen LogP contribution is -2.43. The van der Waals surface area contributed by atoms with E-state index in [0.29, 0.717) is 43.8 Å². The molecule has 25 heavy (non-hydrogen) atoms. The molecule has 1 N–H and O–H groups in total. The zero-order valence-electron chi connectivity index (χ0n) is 15.1. The van der Waals surface area contributed by atoms with Crippen LogP contribution in [0.25, 0.3) is 0 Å². The maximum absolute atomic E-state index is 12.5. The van der Waals surface area contributed by atoms with Crippen LogP contribution >= 0.6 is 0 Å². The van der Waals surface area contributed by atoms with Crippen LogP contribution in [0.1, 0.15) is 44.0 Å². The van der Waals surface area contributed by atoms with E-state index in [4.69, 9.17) is 4.74 Å². The maximum atomic E-state index is 12.5. The smallest absolute Gasteiger partial charge is 0.338 e. The number of hydrogen-bond donors (Lipinski definition) is 1. The van der Waals surface area contributed by atoms with Gasteiger partial charge < -0.3 is 15.0 Å². The monoisotopic (exact) mass is 346 g/mol. The van der Waals surface area contributed by atoms with Gasteiger partial charge in [0, 0.05) is 30.6 Å². The Morgan fingerprint density at radius 1 is 1.24 bits per heavy atom. The van der Waals surface area contributed by atoms with E-state index >= 15 is 0 Å². The van der Waals surface area contributed by atoms with Crippen molar-refractivity contribution in [3.8, 4) is 0 Å². The summed E-state index contributed by atoms with van der Waals surface area (Å²) < 4.78 is 4.97. The highest BCUT2D eigenvalue weighted by Gasteiger charge is 2.28. The number of ether oxygens (including phenoxy) is 1. The number of likely N-dealkylation sites (tertiary alicyclic amines) is 1. The van der Waals surface area contributed by atoms with Crippen LogP contribution in [0.4, 0.5) is 5.69 Å². The van der Waals surface area contributed by atoms with E-state index < -0.39 is 5.97 Å². The Morgan fingerprint density at radius 3 is 2.52 bits per heavy atom. The molecule has 1 aromatic rings. The Balaban J connectivity index is 1.92. The van der Waals surface area contributed by atoms with E-state index in [9.17, 15) is 14.4 Å². The molecule has 0 unspecified atom stereocenters. The van der Waals surface area contributed by atoms with E-state index in [1.54, 1.807) is 31.2 Å². The van der Waals surface area contributed by atoms with Gasteiger partial charge >= 0.3 is 5.97 Å². The van der Waals surface area contributed by atoms with E-state index in [1.807, 2.05) is 18.7 Å². The van der Waals surface area contributed by atoms with E-state index in [2.05, 4.69) is 5.32 Å². The van der Waals surface area contributed by atoms with Crippen molar-refractivity contribution < 1.29 is 19.1 Å². The molecule has 2 rings (SSSR count). The zero-order chi connectivity index (χ0) is 18.4. The Morgan fingerprint density at radius 2 is 1.92 bits per heavy atom. The topological polar surface area (TPSA) is 75.7 Å². The Labute approximate surface area is 148 Å². The van der Waals surface area contributed by atoms with Gasteiger partial charge in [0.15, 0.2) is 0 Å². The lowest BCUT2D eigenvalue weighted by atomic mass is 9.95. The fraction of sp³-hybridized carbons (Fsp3) is 0.526. The maximum Gasteiger partial charge on any atom is 0.338 e. The first-order chi connectivity index (χ1) is 11.9. The average Bonchev–Trinajstić information content (AvgIpc) is 2.61. The molecule has 1 aromatic carbocycles. The fourth-order valence-electron chi connectivity index (χ4n) is 2.91. The number of carbonyl (C=O) groups is 3. The molecule has 0 saturated carbocycles. The van der Waals surface area contributed by atoms with Crippen molar-refractivity contribution in [3.63, 3.8) is 0 Å². The summed E-state index contributed by atoms with van der Waals surface area (Å²) in [4.78, 5) is 38.1. The average molecular weight is 346 g/mol. The first-order valence-corrected chi connectivity index (χ1v) is 8.79. The van der Waals surface area contributed by atoms with Crippen molar-refractivity contribution in [3.05, 3.63) is 29.8 Å². The number of carbonyl (C=O) groups excluding carboxylic acids is 3. The van der Waals surface area contributed by atoms with Gasteiger partial charge in [-0.25, -0.2) is 4.79 Å². The number of nitrogens with zero attached hydrogens (tertiary/aromatic N) is 1. The molecule has 1 heterocycles. The summed E-state index contributed by atoms with van der Waals surface area (Å²) in [5.74, 6) is -0.476. The molecule has 1 fully saturated rings. The molecule has 0 spiro atoms. The number of anilines is 1. The lowest BCUT2D eigenvalue weighted by molar-refractivity contribution is -0.137. The minimum Gasteiger partial charge on any atom is -0.462 e. The van der Waals surface area contributed by atoms with Crippen LogP contribution in [0.15, 0.2) is 24.3 Å². The molecule has 2 amide bonds. The first-order valence-electron chi connectivity index (χ1n) is 8.79. The second kappa shape index (κ2) is 8.65. The summed E-state index contributed by atoms with van der Waals surface area (Å²) in [6.45, 7) is 7.05. The summed E-state index contributed by atoms with van der Waals surface area (Å²) in [6.07, 6.45) is 1.31. The van der Waals surface area contributed by atoms with E-state index in [-0.39, 0.29) is 23.7 Å². The van der Waals surface area contributed by atoms with Crippen LogP contribution < -0.4 is 5.32 Å². The number of hydrogen-bond acceptors (Lipinski definition) is 4. The van der Waals surface area contributed by atoms with E-state index in [1.165, 1.54) is 0 Å². The predicted molar refractivity (Wildman–Crippen MR) is 95.2 cm³/mol. The summed E-state index contributed by atoms with van der Waals surface area (Å²) in [5.41, 5.74) is 0.994. The SMILES string of the molecule is CCOC(=O)c1cccc(NC(=O)C2CCN(C(=O)C(C)C)CC2)c1. The van der Waals surface area contributed by atoms with Gasteiger partial charge in [-0.2, -0.15) is 0 Å². The third kappa shape index (κ3) is 5.05. The number of amides is 2. The minimum absolute atomic E-state index is 0.0176. The van der Waals surface area contributed by atoms with Gasteiger partial charge in [0.2, 0.25) is 11.8 Å². The third-order valence-electron chi connectivity index (χ3n) is 4.31. The zero-order valence-corrected chi connectivity index (χ0v) is 15.1. The predicted octanol–water partition coefficient (Wildman–Crippen LogP) is 2.70. The summed E-state index contributed by atoms with van der Waals surface area (Å²) in [5, 5.41) is 2.87. The Kier molecular flexibility index (Phi) is 6.56. The summed E-state index contributed by atoms with van der Waals surface area (Å²) >= 11 is 0. The highest BCUT2D eigenvalue weighted by atomic mass is 16.5. The van der Waals surface area contributed by atoms with Gasteiger partial charge in [0.05, 0.1) is 12.2 Å². The molecule has 0 bridgehead atoms. The number of benzene rings is 1. The highest BCUT2D eigenvalue weighted by molar-refractivity contribution is 5.95. The largest absolute Gasteiger partial charge is 0.462 e. The standard InChI is InChI=1S/C19H26N2O4/c1-4-25-19(24)15-6-5-7-16(12-15)20-17(22)14-8-10-21(11-9-14)18(23)13(2)3/h5-7,12-14H,4,8-11H2,1-3H3,(H,20,22). The van der Waals surface area contributed by atoms with Crippen LogP contribution in [0.5, 0.6) is 0 Å². The number of esters is 1. The molecule has 0 aromatic heterocycles. The van der Waals surface area contributed by atoms with Crippen LogP contribution in [0.3, 0.4) is 0 Å². The number of piperidine rings is 1. The second-order valence-corrected chi connectivity index (χ2v) is 6.54. The Bertz CT molecular complexity index is 634. The van der Waals surface area contributed by atoms with Crippen LogP contribution in [-0.2, 0) is 14.3 Å². The molecule has 0 atom stereocenters. The molecule has 1 aliphatic heterocycles. The molecule has 0 radical (unpaired) electrons. The number of nitrogens with one attached hydrogen (secondary N) is 1. The molecule has 136 valence electrons. The molecule has 1 aliphatic rings. The Hall–Kier alpha value is -2.37. The summed E-state index contributed by atoms with van der Waals surface area (Å²) in [7, 11) is 0. The van der Waals surface area contributed by atoms with Crippen molar-refractivity contribution in [2.24, 2.45) is 11.8 Å². The fourth-order valence-corrected chi connectivity index (χ4v) is 2.91. The second-order valence-electron chi connectivity index (χ2n) is 6.54. The first kappa shape index (κ1) is 19.0. The normalized spacial score (nSPS) is 15.1. The molecule has 6 heteroatoms. The lowest BCUT2D eigenvalue weighted by Gasteiger charge is -2.32. The van der Waals surface area contributed by atoms with Crippen LogP contribution in [-0.4, -0.2) is 42.4 Å². The highest BCUT2D eigenvalue weighted by Crippen LogP contribution is 2.21. The minimum atomic E-state index is -0.404. The molecule has 0 aliphatic carbocycles. The molecular formula is C19H26N2O4. The van der Waals surface area contributed by atoms with Crippen molar-refractivity contribution in [2.45, 2.75) is 33.6 Å². The van der Waals surface area contributed by atoms with Gasteiger partial charge in [-0.1, -0.05) is 19.9 Å². The van der Waals surface area contributed by atoms with Crippen LogP contribution in [0, 0.1) is 11.8 Å².